The number of aliphatic hydroxyl groups is 2. The quantitative estimate of drug-likeness (QED) is 0.319. The number of hydrogen-bond donors (Lipinski definition) is 6. The molecule has 0 saturated heterocycles. The van der Waals surface area contributed by atoms with Crippen molar-refractivity contribution in [3.63, 3.8) is 0 Å². The van der Waals surface area contributed by atoms with Crippen LogP contribution in [0.15, 0.2) is 35.1 Å². The maximum atomic E-state index is 11.0. The number of carboxylic acids is 2. The van der Waals surface area contributed by atoms with Gasteiger partial charge in [-0.3, -0.25) is 4.79 Å². The standard InChI is InChI=1S/C13H18N2O7/c1-22-12-8(14-4-11(18)19)2-7(5-16)3-9(12)15-10(6-17)13(20)21/h3,5,10,14-17H,2,4,6H2,1H3,(H,18,19)(H,20,21)/b7-5+. The lowest BCUT2D eigenvalue weighted by atomic mass is 10.0. The molecule has 0 radical (unpaired) electrons. The number of allylic oxidation sites excluding steroid dienone is 2. The Kier molecular flexibility index (Phi) is 6.26. The lowest BCUT2D eigenvalue weighted by molar-refractivity contribution is -0.140. The highest BCUT2D eigenvalue weighted by atomic mass is 16.5. The summed E-state index contributed by atoms with van der Waals surface area (Å²) < 4.78 is 5.18. The van der Waals surface area contributed by atoms with Crippen LogP contribution in [0.1, 0.15) is 6.42 Å². The van der Waals surface area contributed by atoms with Crippen LogP contribution in [0.5, 0.6) is 0 Å². The number of rotatable bonds is 8. The molecule has 9 heteroatoms. The second kappa shape index (κ2) is 7.93. The Hall–Kier alpha value is -2.68. The summed E-state index contributed by atoms with van der Waals surface area (Å²) >= 11 is 0. The predicted molar refractivity (Wildman–Crippen MR) is 74.7 cm³/mol. The van der Waals surface area contributed by atoms with Gasteiger partial charge in [0.1, 0.15) is 12.6 Å². The average Bonchev–Trinajstić information content (AvgIpc) is 2.49. The molecule has 0 saturated carbocycles. The van der Waals surface area contributed by atoms with Crippen molar-refractivity contribution in [2.75, 3.05) is 20.3 Å². The van der Waals surface area contributed by atoms with Gasteiger partial charge in [0.05, 0.1) is 31.4 Å². The summed E-state index contributed by atoms with van der Waals surface area (Å²) in [7, 11) is 1.34. The van der Waals surface area contributed by atoms with E-state index in [1.165, 1.54) is 13.2 Å². The number of ether oxygens (including phenoxy) is 1. The molecule has 1 aliphatic carbocycles. The molecule has 22 heavy (non-hydrogen) atoms. The first-order valence-corrected chi connectivity index (χ1v) is 6.31. The number of carboxylic acid groups (broad SMARTS) is 2. The van der Waals surface area contributed by atoms with Gasteiger partial charge < -0.3 is 35.8 Å². The monoisotopic (exact) mass is 314 g/mol. The van der Waals surface area contributed by atoms with E-state index in [-0.39, 0.29) is 24.4 Å². The van der Waals surface area contributed by atoms with Crippen LogP contribution >= 0.6 is 0 Å². The Morgan fingerprint density at radius 1 is 1.45 bits per heavy atom. The van der Waals surface area contributed by atoms with E-state index < -0.39 is 24.6 Å². The molecule has 0 heterocycles. The summed E-state index contributed by atoms with van der Waals surface area (Å²) in [4.78, 5) is 21.6. The molecule has 6 N–H and O–H groups in total. The molecule has 0 aromatic carbocycles. The summed E-state index contributed by atoms with van der Waals surface area (Å²) in [5.74, 6) is -2.13. The largest absolute Gasteiger partial charge is 0.515 e. The average molecular weight is 314 g/mol. The van der Waals surface area contributed by atoms with E-state index in [9.17, 15) is 9.59 Å². The second-order valence-corrected chi connectivity index (χ2v) is 4.42. The van der Waals surface area contributed by atoms with Gasteiger partial charge >= 0.3 is 11.9 Å². The van der Waals surface area contributed by atoms with E-state index >= 15 is 0 Å². The minimum atomic E-state index is -1.27. The van der Waals surface area contributed by atoms with E-state index in [0.717, 1.165) is 6.26 Å². The van der Waals surface area contributed by atoms with Crippen LogP contribution in [-0.2, 0) is 14.3 Å². The van der Waals surface area contributed by atoms with Crippen LogP contribution in [0, 0.1) is 0 Å². The van der Waals surface area contributed by atoms with Crippen molar-refractivity contribution in [3.05, 3.63) is 35.1 Å². The molecule has 0 spiro atoms. The summed E-state index contributed by atoms with van der Waals surface area (Å²) in [6.07, 6.45) is 2.47. The molecule has 1 atom stereocenters. The zero-order valence-corrected chi connectivity index (χ0v) is 11.9. The Bertz CT molecular complexity index is 537. The topological polar surface area (TPSA) is 148 Å². The van der Waals surface area contributed by atoms with Crippen molar-refractivity contribution in [1.82, 2.24) is 10.6 Å². The lowest BCUT2D eigenvalue weighted by Gasteiger charge is -2.25. The fourth-order valence-corrected chi connectivity index (χ4v) is 1.87. The van der Waals surface area contributed by atoms with Crippen molar-refractivity contribution in [1.29, 1.82) is 0 Å². The van der Waals surface area contributed by atoms with E-state index in [2.05, 4.69) is 10.6 Å². The van der Waals surface area contributed by atoms with Gasteiger partial charge in [0.15, 0.2) is 5.76 Å². The molecule has 0 amide bonds. The second-order valence-electron chi connectivity index (χ2n) is 4.42. The lowest BCUT2D eigenvalue weighted by Crippen LogP contribution is -2.41. The third kappa shape index (κ3) is 4.42. The summed E-state index contributed by atoms with van der Waals surface area (Å²) in [6, 6.07) is -1.27. The van der Waals surface area contributed by atoms with Crippen LogP contribution in [0.4, 0.5) is 0 Å². The number of nitrogens with one attached hydrogen (secondary N) is 2. The first-order chi connectivity index (χ1) is 10.4. The zero-order valence-electron chi connectivity index (χ0n) is 11.9. The number of carbonyl (C=O) groups is 2. The summed E-state index contributed by atoms with van der Waals surface area (Å²) in [5, 5.41) is 41.1. The Balaban J connectivity index is 3.10. The van der Waals surface area contributed by atoms with Crippen molar-refractivity contribution < 1.29 is 34.8 Å². The van der Waals surface area contributed by atoms with Crippen molar-refractivity contribution in [3.8, 4) is 0 Å². The maximum absolute atomic E-state index is 11.0. The Morgan fingerprint density at radius 2 is 2.14 bits per heavy atom. The first-order valence-electron chi connectivity index (χ1n) is 6.31. The van der Waals surface area contributed by atoms with Gasteiger partial charge in [-0.1, -0.05) is 0 Å². The molecular formula is C13H18N2O7. The van der Waals surface area contributed by atoms with Crippen LogP contribution in [0.2, 0.25) is 0 Å². The fourth-order valence-electron chi connectivity index (χ4n) is 1.87. The molecule has 0 aromatic heterocycles. The minimum absolute atomic E-state index is 0.189. The van der Waals surface area contributed by atoms with Crippen molar-refractivity contribution >= 4 is 11.9 Å². The molecule has 1 aliphatic rings. The molecule has 9 nitrogen and oxygen atoms in total. The highest BCUT2D eigenvalue weighted by Crippen LogP contribution is 2.26. The van der Waals surface area contributed by atoms with Gasteiger partial charge in [0, 0.05) is 6.42 Å². The molecule has 1 unspecified atom stereocenters. The third-order valence-electron chi connectivity index (χ3n) is 2.86. The fraction of sp³-hybridized carbons (Fsp3) is 0.385. The number of aliphatic hydroxyl groups excluding tert-OH is 2. The van der Waals surface area contributed by atoms with E-state index in [1.54, 1.807) is 0 Å². The number of methoxy groups -OCH3 is 1. The number of hydrogen-bond acceptors (Lipinski definition) is 7. The molecule has 0 aliphatic heterocycles. The molecule has 0 fully saturated rings. The van der Waals surface area contributed by atoms with Crippen LogP contribution in [0.25, 0.3) is 0 Å². The normalized spacial score (nSPS) is 17.7. The van der Waals surface area contributed by atoms with Gasteiger partial charge in [-0.05, 0) is 11.6 Å². The predicted octanol–water partition coefficient (Wildman–Crippen LogP) is -0.717. The molecular weight excluding hydrogens is 296 g/mol. The Morgan fingerprint density at radius 3 is 2.59 bits per heavy atom. The minimum Gasteiger partial charge on any atom is -0.515 e. The summed E-state index contributed by atoms with van der Waals surface area (Å²) in [6.45, 7) is -1.02. The van der Waals surface area contributed by atoms with E-state index in [0.29, 0.717) is 11.3 Å². The highest BCUT2D eigenvalue weighted by Gasteiger charge is 2.25. The molecule has 1 rings (SSSR count). The van der Waals surface area contributed by atoms with Gasteiger partial charge in [0.25, 0.3) is 0 Å². The highest BCUT2D eigenvalue weighted by molar-refractivity contribution is 5.74. The van der Waals surface area contributed by atoms with Crippen molar-refractivity contribution in [2.45, 2.75) is 12.5 Å². The Labute approximate surface area is 126 Å². The summed E-state index contributed by atoms with van der Waals surface area (Å²) in [5.41, 5.74) is 0.999. The molecule has 0 aromatic rings. The molecule has 0 bridgehead atoms. The van der Waals surface area contributed by atoms with E-state index in [1.807, 2.05) is 0 Å². The van der Waals surface area contributed by atoms with Gasteiger partial charge in [-0.25, -0.2) is 4.79 Å². The van der Waals surface area contributed by atoms with Crippen LogP contribution in [-0.4, -0.2) is 58.7 Å². The smallest absolute Gasteiger partial charge is 0.328 e. The van der Waals surface area contributed by atoms with Gasteiger partial charge in [-0.2, -0.15) is 0 Å². The third-order valence-corrected chi connectivity index (χ3v) is 2.86. The van der Waals surface area contributed by atoms with Crippen LogP contribution in [0.3, 0.4) is 0 Å². The first kappa shape index (κ1) is 17.4. The van der Waals surface area contributed by atoms with Gasteiger partial charge in [-0.15, -0.1) is 0 Å². The SMILES string of the molecule is COC1=C(NCC(=O)O)C/C(=C\O)C=C1NC(CO)C(=O)O. The van der Waals surface area contributed by atoms with E-state index in [4.69, 9.17) is 25.2 Å². The van der Waals surface area contributed by atoms with Crippen molar-refractivity contribution in [2.24, 2.45) is 0 Å². The molecule has 122 valence electrons. The zero-order chi connectivity index (χ0) is 16.7. The van der Waals surface area contributed by atoms with Gasteiger partial charge in [0.2, 0.25) is 0 Å². The van der Waals surface area contributed by atoms with Crippen LogP contribution < -0.4 is 10.6 Å². The maximum Gasteiger partial charge on any atom is 0.328 e. The number of aliphatic carboxylic acids is 2.